The molecule has 0 saturated carbocycles. The first-order valence-electron chi connectivity index (χ1n) is 1.92. The van der Waals surface area contributed by atoms with Crippen molar-refractivity contribution in [2.24, 2.45) is 0 Å². The predicted octanol–water partition coefficient (Wildman–Crippen LogP) is 1.43. The number of halogens is 1. The molecular formula is C5H7FSi. The molecule has 0 aliphatic heterocycles. The highest BCUT2D eigenvalue weighted by Gasteiger charge is 2.17. The molecule has 1 atom stereocenters. The molecule has 0 spiro atoms. The van der Waals surface area contributed by atoms with E-state index in [1.165, 1.54) is 12.2 Å². The summed E-state index contributed by atoms with van der Waals surface area (Å²) < 4.78 is 12.3. The van der Waals surface area contributed by atoms with Gasteiger partial charge in [-0.3, -0.25) is 4.11 Å². The van der Waals surface area contributed by atoms with Gasteiger partial charge in [0.1, 0.15) is 0 Å². The number of rotatable bonds is 1. The van der Waals surface area contributed by atoms with Crippen LogP contribution < -0.4 is 0 Å². The van der Waals surface area contributed by atoms with Gasteiger partial charge in [0.05, 0.1) is 0 Å². The van der Waals surface area contributed by atoms with E-state index in [1.54, 1.807) is 0 Å². The lowest BCUT2D eigenvalue weighted by Crippen LogP contribution is -2.16. The van der Waals surface area contributed by atoms with Crippen molar-refractivity contribution in [3.05, 3.63) is 12.3 Å². The Morgan fingerprint density at radius 1 is 2.00 bits per heavy atom. The van der Waals surface area contributed by atoms with E-state index in [2.05, 4.69) is 6.58 Å². The minimum Gasteiger partial charge on any atom is -0.292 e. The van der Waals surface area contributed by atoms with Gasteiger partial charge in [0.15, 0.2) is 0 Å². The zero-order valence-electron chi connectivity index (χ0n) is 4.24. The molecule has 0 aromatic carbocycles. The van der Waals surface area contributed by atoms with Crippen LogP contribution >= 0.6 is 0 Å². The molecule has 0 rings (SSSR count). The van der Waals surface area contributed by atoms with E-state index < -0.39 is 8.41 Å². The predicted molar refractivity (Wildman–Crippen MR) is 31.8 cm³/mol. The normalized spacial score (nSPS) is 16.7. The fourth-order valence-electron chi connectivity index (χ4n) is 0.0589. The van der Waals surface area contributed by atoms with Crippen LogP contribution in [0.4, 0.5) is 4.11 Å². The van der Waals surface area contributed by atoms with Crippen molar-refractivity contribution in [1.82, 2.24) is 0 Å². The molecule has 0 saturated heterocycles. The zero-order valence-corrected chi connectivity index (χ0v) is 5.24. The summed E-state index contributed by atoms with van der Waals surface area (Å²) in [4.78, 5) is 0. The molecule has 0 amide bonds. The first-order valence-corrected chi connectivity index (χ1v) is 4.38. The van der Waals surface area contributed by atoms with Crippen LogP contribution in [0.1, 0.15) is 0 Å². The SMILES string of the molecule is C#C[Si](C)(F)C=C. The molecule has 0 aliphatic carbocycles. The molecule has 38 valence electrons. The molecule has 0 aliphatic rings. The van der Waals surface area contributed by atoms with Gasteiger partial charge in [-0.05, 0) is 6.55 Å². The third-order valence-electron chi connectivity index (χ3n) is 0.666. The lowest BCUT2D eigenvalue weighted by atomic mass is 11.3. The molecule has 7 heavy (non-hydrogen) atoms. The molecule has 0 radical (unpaired) electrons. The molecule has 2 heteroatoms. The Kier molecular flexibility index (Phi) is 1.79. The fourth-order valence-corrected chi connectivity index (χ4v) is 0.177. The zero-order chi connectivity index (χ0) is 5.91. The van der Waals surface area contributed by atoms with E-state index in [9.17, 15) is 4.11 Å². The lowest BCUT2D eigenvalue weighted by molar-refractivity contribution is 0.834. The van der Waals surface area contributed by atoms with Crippen molar-refractivity contribution in [2.45, 2.75) is 6.55 Å². The van der Waals surface area contributed by atoms with Gasteiger partial charge in [-0.15, -0.1) is 13.0 Å². The Labute approximate surface area is 44.2 Å². The first kappa shape index (κ1) is 6.45. The average Bonchev–Trinajstić information content (AvgIpc) is 1.68. The Morgan fingerprint density at radius 3 is 2.43 bits per heavy atom. The van der Waals surface area contributed by atoms with Crippen LogP contribution in [0.2, 0.25) is 6.55 Å². The standard InChI is InChI=1S/C5H7FSi/c1-4-7(3,6)5-2/h1,5H,2H2,3H3. The fraction of sp³-hybridized carbons (Fsp3) is 0.200. The van der Waals surface area contributed by atoms with Crippen molar-refractivity contribution in [2.75, 3.05) is 0 Å². The van der Waals surface area contributed by atoms with E-state index in [-0.39, 0.29) is 0 Å². The van der Waals surface area contributed by atoms with Crippen LogP contribution in [0.25, 0.3) is 0 Å². The van der Waals surface area contributed by atoms with Crippen LogP contribution in [0.5, 0.6) is 0 Å². The van der Waals surface area contributed by atoms with E-state index in [1.807, 2.05) is 5.54 Å². The maximum atomic E-state index is 12.3. The molecule has 0 fully saturated rings. The van der Waals surface area contributed by atoms with Crippen LogP contribution in [-0.2, 0) is 0 Å². The maximum absolute atomic E-state index is 12.3. The lowest BCUT2D eigenvalue weighted by Gasteiger charge is -1.97. The van der Waals surface area contributed by atoms with E-state index in [0.717, 1.165) is 0 Å². The highest BCUT2D eigenvalue weighted by atomic mass is 28.4. The van der Waals surface area contributed by atoms with Gasteiger partial charge >= 0.3 is 8.41 Å². The minimum absolute atomic E-state index is 1.23. The number of hydrogen-bond donors (Lipinski definition) is 0. The quantitative estimate of drug-likeness (QED) is 0.275. The Morgan fingerprint density at radius 2 is 2.43 bits per heavy atom. The average molecular weight is 114 g/mol. The summed E-state index contributed by atoms with van der Waals surface area (Å²) in [6.45, 7) is 4.66. The minimum atomic E-state index is -2.86. The van der Waals surface area contributed by atoms with Crippen molar-refractivity contribution in [3.8, 4) is 12.0 Å². The summed E-state index contributed by atoms with van der Waals surface area (Å²) in [6, 6.07) is 0. The third-order valence-corrected chi connectivity index (χ3v) is 2.00. The maximum Gasteiger partial charge on any atom is 0.342 e. The number of hydrogen-bond acceptors (Lipinski definition) is 0. The molecule has 0 heterocycles. The summed E-state index contributed by atoms with van der Waals surface area (Å²) in [7, 11) is -2.86. The Bertz CT molecular complexity index is 110. The monoisotopic (exact) mass is 114 g/mol. The second kappa shape index (κ2) is 1.94. The third kappa shape index (κ3) is 2.18. The smallest absolute Gasteiger partial charge is 0.292 e. The topological polar surface area (TPSA) is 0 Å². The van der Waals surface area contributed by atoms with Crippen LogP contribution in [0, 0.1) is 12.0 Å². The van der Waals surface area contributed by atoms with Crippen molar-refractivity contribution < 1.29 is 4.11 Å². The van der Waals surface area contributed by atoms with Crippen molar-refractivity contribution in [1.29, 1.82) is 0 Å². The summed E-state index contributed by atoms with van der Waals surface area (Å²) in [5, 5.41) is 0. The van der Waals surface area contributed by atoms with E-state index in [4.69, 9.17) is 6.42 Å². The summed E-state index contributed by atoms with van der Waals surface area (Å²) in [5.74, 6) is 0. The van der Waals surface area contributed by atoms with Gasteiger partial charge in [-0.2, -0.15) is 0 Å². The molecule has 0 aromatic rings. The van der Waals surface area contributed by atoms with Crippen molar-refractivity contribution in [3.63, 3.8) is 0 Å². The van der Waals surface area contributed by atoms with Gasteiger partial charge in [-0.1, -0.05) is 11.2 Å². The number of terminal acetylenes is 1. The first-order chi connectivity index (χ1) is 3.12. The second-order valence-corrected chi connectivity index (χ2v) is 4.27. The second-order valence-electron chi connectivity index (χ2n) is 1.42. The molecule has 0 N–H and O–H groups in total. The van der Waals surface area contributed by atoms with E-state index in [0.29, 0.717) is 0 Å². The molecule has 0 aromatic heterocycles. The van der Waals surface area contributed by atoms with Gasteiger partial charge in [0.25, 0.3) is 0 Å². The van der Waals surface area contributed by atoms with E-state index >= 15 is 0 Å². The van der Waals surface area contributed by atoms with Gasteiger partial charge < -0.3 is 0 Å². The molecule has 0 nitrogen and oxygen atoms in total. The highest BCUT2D eigenvalue weighted by molar-refractivity contribution is 6.84. The Hall–Kier alpha value is -0.553. The summed E-state index contributed by atoms with van der Waals surface area (Å²) in [6.07, 6.45) is 4.78. The molecule has 0 bridgehead atoms. The van der Waals surface area contributed by atoms with Gasteiger partial charge in [0.2, 0.25) is 0 Å². The molecule has 1 unspecified atom stereocenters. The van der Waals surface area contributed by atoms with Crippen LogP contribution in [0.3, 0.4) is 0 Å². The summed E-state index contributed by atoms with van der Waals surface area (Å²) in [5.41, 5.74) is 3.27. The van der Waals surface area contributed by atoms with Gasteiger partial charge in [-0.25, -0.2) is 0 Å². The largest absolute Gasteiger partial charge is 0.342 e. The van der Waals surface area contributed by atoms with Crippen molar-refractivity contribution >= 4 is 8.41 Å². The highest BCUT2D eigenvalue weighted by Crippen LogP contribution is 2.00. The van der Waals surface area contributed by atoms with Crippen LogP contribution in [0.15, 0.2) is 12.3 Å². The Balaban J connectivity index is 3.91. The van der Waals surface area contributed by atoms with Gasteiger partial charge in [0, 0.05) is 0 Å². The van der Waals surface area contributed by atoms with Crippen LogP contribution in [-0.4, -0.2) is 8.41 Å². The molecular weight excluding hydrogens is 107 g/mol. The summed E-state index contributed by atoms with van der Waals surface area (Å²) >= 11 is 0.